The normalized spacial score (nSPS) is 55.4. The zero-order valence-corrected chi connectivity index (χ0v) is 29.2. The molecule has 24 unspecified atom stereocenters. The highest BCUT2D eigenvalue weighted by Crippen LogP contribution is 2.43. The number of rotatable bonds is 9. The van der Waals surface area contributed by atoms with Crippen molar-refractivity contribution in [3.63, 3.8) is 0 Å². The van der Waals surface area contributed by atoms with Gasteiger partial charge in [-0.3, -0.25) is 0 Å². The molecule has 0 aromatic heterocycles. The summed E-state index contributed by atoms with van der Waals surface area (Å²) in [7, 11) is 0. The maximum atomic E-state index is 11.0. The summed E-state index contributed by atoms with van der Waals surface area (Å²) in [6.07, 6.45) is -27.3. The summed E-state index contributed by atoms with van der Waals surface area (Å²) in [6.45, 7) is 0.291. The largest absolute Gasteiger partial charge is 0.427 e. The van der Waals surface area contributed by atoms with Gasteiger partial charge in [-0.2, -0.15) is 0 Å². The molecule has 0 bridgehead atoms. The summed E-state index contributed by atoms with van der Waals surface area (Å²) in [5.74, 6) is -0.835. The average Bonchev–Trinajstić information content (AvgIpc) is 3.13. The van der Waals surface area contributed by atoms with Gasteiger partial charge in [0.2, 0.25) is 0 Å². The lowest BCUT2D eigenvalue weighted by Gasteiger charge is -2.49. The molecule has 6 aliphatic rings. The standard InChI is InChI=1S/C33H56O20/c1-10-21(38)24(41)27(44)31(48-10)47-9-20-23(40)26(43)29(46)33(53-20)51-18-7-13-15(37)5-12(35)6-16(13)49-30(18)11-2-3-14(36)17(4-11)50-32-28(45)25(42)22(39)19(8-34)52-32/h10-46H,2-9H2,1H3/p+1. The Bertz CT molecular complexity index is 1170. The van der Waals surface area contributed by atoms with E-state index in [1.54, 1.807) is 0 Å². The Hall–Kier alpha value is -0.800. The molecule has 20 heteroatoms. The fraction of sp³-hybridized carbons (Fsp3) is 1.00. The van der Waals surface area contributed by atoms with E-state index in [4.69, 9.17) is 33.2 Å². The number of aliphatic hydroxyl groups is 15. The Kier molecular flexibility index (Phi) is 13.7. The summed E-state index contributed by atoms with van der Waals surface area (Å²) in [5, 5.41) is 136. The van der Waals surface area contributed by atoms with Gasteiger partial charge in [0.25, 0.3) is 0 Å². The molecule has 53 heavy (non-hydrogen) atoms. The highest BCUT2D eigenvalue weighted by molar-refractivity contribution is 4.99. The van der Waals surface area contributed by atoms with E-state index in [2.05, 4.69) is 0 Å². The highest BCUT2D eigenvalue weighted by Gasteiger charge is 2.56. The minimum atomic E-state index is -1.78. The van der Waals surface area contributed by atoms with Crippen LogP contribution in [0.25, 0.3) is 0 Å². The lowest BCUT2D eigenvalue weighted by atomic mass is 9.72. The van der Waals surface area contributed by atoms with Crippen LogP contribution in [0.15, 0.2) is 0 Å². The second kappa shape index (κ2) is 17.4. The Morgan fingerprint density at radius 1 is 0.566 bits per heavy atom. The molecule has 0 spiro atoms. The van der Waals surface area contributed by atoms with Crippen LogP contribution in [0.3, 0.4) is 0 Å². The lowest BCUT2D eigenvalue weighted by molar-refractivity contribution is -0.364. The van der Waals surface area contributed by atoms with Crippen LogP contribution < -0.4 is 0 Å². The number of fused-ring (bicyclic) bond motifs is 1. The minimum absolute atomic E-state index is 0.116. The first-order chi connectivity index (χ1) is 25.1. The molecule has 0 radical (unpaired) electrons. The summed E-state index contributed by atoms with van der Waals surface area (Å²) in [4.78, 5) is 0. The lowest BCUT2D eigenvalue weighted by Crippen LogP contribution is -2.64. The van der Waals surface area contributed by atoms with Crippen LogP contribution in [-0.4, -0.2) is 219 Å². The van der Waals surface area contributed by atoms with E-state index in [-0.39, 0.29) is 38.0 Å². The molecule has 24 atom stereocenters. The second-order valence-corrected chi connectivity index (χ2v) is 15.5. The number of hydrogen-bond acceptors (Lipinski definition) is 19. The quantitative estimate of drug-likeness (QED) is 0.0968. The zero-order chi connectivity index (χ0) is 38.5. The first kappa shape index (κ1) is 41.8. The van der Waals surface area contributed by atoms with Gasteiger partial charge in [0.05, 0.1) is 49.7 Å². The van der Waals surface area contributed by atoms with Gasteiger partial charge in [0, 0.05) is 18.8 Å². The Morgan fingerprint density at radius 3 is 1.81 bits per heavy atom. The van der Waals surface area contributed by atoms with E-state index in [0.717, 1.165) is 0 Å². The fourth-order valence-electron chi connectivity index (χ4n) is 8.66. The van der Waals surface area contributed by atoms with E-state index in [1.807, 2.05) is 0 Å². The fourth-order valence-corrected chi connectivity index (χ4v) is 8.66. The maximum Gasteiger partial charge on any atom is 0.187 e. The Labute approximate surface area is 305 Å². The van der Waals surface area contributed by atoms with Crippen molar-refractivity contribution in [1.29, 1.82) is 0 Å². The van der Waals surface area contributed by atoms with E-state index in [0.29, 0.717) is 6.42 Å². The van der Waals surface area contributed by atoms with E-state index < -0.39 is 154 Å². The van der Waals surface area contributed by atoms with Crippen molar-refractivity contribution in [3.8, 4) is 0 Å². The van der Waals surface area contributed by atoms with Crippen LogP contribution >= 0.6 is 0 Å². The van der Waals surface area contributed by atoms with Gasteiger partial charge in [0.1, 0.15) is 73.2 Å². The van der Waals surface area contributed by atoms with Crippen LogP contribution in [0.4, 0.5) is 0 Å². The molecule has 14 N–H and O–H groups in total. The third-order valence-electron chi connectivity index (χ3n) is 11.9. The highest BCUT2D eigenvalue weighted by atomic mass is 16.7. The van der Waals surface area contributed by atoms with Crippen LogP contribution in [0.2, 0.25) is 0 Å². The van der Waals surface area contributed by atoms with Crippen LogP contribution in [0.1, 0.15) is 45.4 Å². The Morgan fingerprint density at radius 2 is 1.15 bits per heavy atom. The van der Waals surface area contributed by atoms with Crippen LogP contribution in [0.5, 0.6) is 0 Å². The molecule has 6 fully saturated rings. The van der Waals surface area contributed by atoms with Crippen molar-refractivity contribution in [3.05, 3.63) is 0 Å². The summed E-state index contributed by atoms with van der Waals surface area (Å²) >= 11 is 0. The summed E-state index contributed by atoms with van der Waals surface area (Å²) in [6, 6.07) is 0. The second-order valence-electron chi connectivity index (χ2n) is 15.5. The number of aliphatic hydroxyl groups excluding tert-OH is 13. The molecule has 0 aromatic carbocycles. The van der Waals surface area contributed by atoms with Gasteiger partial charge in [-0.25, -0.2) is 0 Å². The summed E-state index contributed by atoms with van der Waals surface area (Å²) < 4.78 is 39.8. The molecule has 4 aliphatic heterocycles. The van der Waals surface area contributed by atoms with E-state index in [9.17, 15) is 66.4 Å². The molecule has 0 aromatic rings. The molecule has 4 heterocycles. The van der Waals surface area contributed by atoms with Crippen molar-refractivity contribution in [2.24, 2.45) is 11.8 Å². The van der Waals surface area contributed by atoms with Crippen molar-refractivity contribution in [1.82, 2.24) is 0 Å². The number of ether oxygens (including phenoxy) is 7. The maximum absolute atomic E-state index is 11.0. The molecule has 20 nitrogen and oxygen atoms in total. The topological polar surface area (TPSA) is 331 Å². The third-order valence-corrected chi connectivity index (χ3v) is 11.9. The van der Waals surface area contributed by atoms with Crippen LogP contribution in [0, 0.1) is 11.8 Å². The molecule has 2 saturated carbocycles. The zero-order valence-electron chi connectivity index (χ0n) is 29.2. The van der Waals surface area contributed by atoms with Crippen molar-refractivity contribution in [2.75, 3.05) is 13.2 Å². The van der Waals surface area contributed by atoms with Gasteiger partial charge < -0.3 is 99.5 Å². The molecular formula is C33H57O20+. The predicted octanol–water partition coefficient (Wildman–Crippen LogP) is -6.83. The van der Waals surface area contributed by atoms with Gasteiger partial charge in [0.15, 0.2) is 31.1 Å². The van der Waals surface area contributed by atoms with Gasteiger partial charge in [-0.1, -0.05) is 0 Å². The molecule has 308 valence electrons. The molecule has 2 aliphatic carbocycles. The van der Waals surface area contributed by atoms with Gasteiger partial charge in [-0.15, -0.1) is 0 Å². The smallest absolute Gasteiger partial charge is 0.187 e. The molecule has 6 rings (SSSR count). The van der Waals surface area contributed by atoms with Crippen LogP contribution in [-0.2, 0) is 28.4 Å². The van der Waals surface area contributed by atoms with E-state index in [1.165, 1.54) is 6.92 Å². The van der Waals surface area contributed by atoms with E-state index >= 15 is 0 Å². The molecule has 0 amide bonds. The molecular weight excluding hydrogens is 716 g/mol. The third kappa shape index (κ3) is 8.72. The van der Waals surface area contributed by atoms with Gasteiger partial charge in [-0.05, 0) is 32.6 Å². The summed E-state index contributed by atoms with van der Waals surface area (Å²) in [5.41, 5.74) is 0. The minimum Gasteiger partial charge on any atom is -0.427 e. The average molecular weight is 774 g/mol. The molecule has 4 saturated heterocycles. The number of hydrogen-bond donors (Lipinski definition) is 13. The first-order valence-corrected chi connectivity index (χ1v) is 18.5. The first-order valence-electron chi connectivity index (χ1n) is 18.5. The van der Waals surface area contributed by atoms with Crippen molar-refractivity contribution in [2.45, 2.75) is 180 Å². The Balaban J connectivity index is 1.17. The SMILES string of the molecule is CC1OC(OCC2OC(OC3CC4C(O)CC(O)CC4[OH+]C3C3CCC(O)C(OC4OC(CO)C(O)C(O)C4O)C3)C(O)C(O)C2O)C(O)C(O)C1O. The van der Waals surface area contributed by atoms with Crippen molar-refractivity contribution >= 4 is 0 Å². The van der Waals surface area contributed by atoms with Crippen molar-refractivity contribution < 1.29 is 99.5 Å². The monoisotopic (exact) mass is 773 g/mol. The predicted molar refractivity (Wildman–Crippen MR) is 171 cm³/mol. The van der Waals surface area contributed by atoms with Gasteiger partial charge >= 0.3 is 0 Å².